The first kappa shape index (κ1) is 21.7. The summed E-state index contributed by atoms with van der Waals surface area (Å²) >= 11 is 11.8. The molecule has 0 atom stereocenters. The van der Waals surface area contributed by atoms with Gasteiger partial charge in [-0.1, -0.05) is 65.7 Å². The molecule has 0 aliphatic carbocycles. The van der Waals surface area contributed by atoms with Gasteiger partial charge in [-0.2, -0.15) is 0 Å². The van der Waals surface area contributed by atoms with Gasteiger partial charge in [0.05, 0.1) is 11.6 Å². The molecule has 0 saturated carbocycles. The third-order valence-electron chi connectivity index (χ3n) is 4.04. The van der Waals surface area contributed by atoms with Gasteiger partial charge in [0, 0.05) is 11.4 Å². The van der Waals surface area contributed by atoms with Gasteiger partial charge in [0.1, 0.15) is 17.1 Å². The summed E-state index contributed by atoms with van der Waals surface area (Å²) in [5.41, 5.74) is 1.21. The maximum absolute atomic E-state index is 12.4. The summed E-state index contributed by atoms with van der Waals surface area (Å²) in [5.74, 6) is -0.869. The number of ether oxygens (including phenoxy) is 3. The molecule has 0 aliphatic rings. The lowest BCUT2D eigenvalue weighted by Gasteiger charge is -2.11. The predicted molar refractivity (Wildman–Crippen MR) is 114 cm³/mol. The summed E-state index contributed by atoms with van der Waals surface area (Å²) in [6.45, 7) is -0.179. The van der Waals surface area contributed by atoms with Crippen molar-refractivity contribution in [2.75, 3.05) is 13.2 Å². The Kier molecular flexibility index (Phi) is 7.71. The average molecular weight is 445 g/mol. The monoisotopic (exact) mass is 444 g/mol. The first-order chi connectivity index (χ1) is 14.5. The van der Waals surface area contributed by atoms with Crippen LogP contribution in [-0.4, -0.2) is 25.2 Å². The molecule has 7 heteroatoms. The third kappa shape index (κ3) is 6.24. The quantitative estimate of drug-likeness (QED) is 0.344. The molecule has 0 aromatic heterocycles. The highest BCUT2D eigenvalue weighted by Crippen LogP contribution is 2.27. The molecule has 0 fully saturated rings. The maximum Gasteiger partial charge on any atom is 0.349 e. The average Bonchev–Trinajstić information content (AvgIpc) is 2.74. The molecule has 0 spiro atoms. The molecule has 0 aliphatic heterocycles. The van der Waals surface area contributed by atoms with Crippen LogP contribution in [0.25, 0.3) is 0 Å². The van der Waals surface area contributed by atoms with Gasteiger partial charge in [0.25, 0.3) is 0 Å². The van der Waals surface area contributed by atoms with E-state index in [1.165, 1.54) is 18.2 Å². The summed E-state index contributed by atoms with van der Waals surface area (Å²) in [6, 6.07) is 20.7. The fourth-order valence-corrected chi connectivity index (χ4v) is 3.05. The van der Waals surface area contributed by atoms with Crippen LogP contribution in [0, 0.1) is 0 Å². The standard InChI is InChI=1S/C23H18Cl2O5/c24-17-10-11-21(19(25)14-17)29-15-22(26)30-20-9-5-4-8-18(20)23(27)28-13-12-16-6-2-1-3-7-16/h1-11,14H,12-13,15H2. The SMILES string of the molecule is O=C(COc1ccc(Cl)cc1Cl)Oc1ccccc1C(=O)OCCc1ccccc1. The van der Waals surface area contributed by atoms with Gasteiger partial charge >= 0.3 is 11.9 Å². The van der Waals surface area contributed by atoms with Crippen LogP contribution in [0.5, 0.6) is 11.5 Å². The Balaban J connectivity index is 1.56. The van der Waals surface area contributed by atoms with Gasteiger partial charge in [-0.15, -0.1) is 0 Å². The smallest absolute Gasteiger partial charge is 0.349 e. The number of esters is 2. The molecule has 0 bridgehead atoms. The maximum atomic E-state index is 12.4. The summed E-state index contributed by atoms with van der Waals surface area (Å²) in [4.78, 5) is 24.6. The Morgan fingerprint density at radius 2 is 1.57 bits per heavy atom. The predicted octanol–water partition coefficient (Wildman–Crippen LogP) is 5.38. The van der Waals surface area contributed by atoms with Crippen molar-refractivity contribution in [1.82, 2.24) is 0 Å². The minimum absolute atomic E-state index is 0.0954. The lowest BCUT2D eigenvalue weighted by Crippen LogP contribution is -2.19. The van der Waals surface area contributed by atoms with Gasteiger partial charge in [0.15, 0.2) is 6.61 Å². The Labute approximate surface area is 184 Å². The van der Waals surface area contributed by atoms with Crippen molar-refractivity contribution >= 4 is 35.1 Å². The first-order valence-corrected chi connectivity index (χ1v) is 9.87. The number of benzene rings is 3. The van der Waals surface area contributed by atoms with Crippen LogP contribution in [-0.2, 0) is 16.0 Å². The zero-order chi connectivity index (χ0) is 21.3. The molecule has 0 unspecified atom stereocenters. The van der Waals surface area contributed by atoms with E-state index in [9.17, 15) is 9.59 Å². The van der Waals surface area contributed by atoms with Crippen molar-refractivity contribution in [3.63, 3.8) is 0 Å². The lowest BCUT2D eigenvalue weighted by molar-refractivity contribution is -0.136. The number of carbonyl (C=O) groups is 2. The molecule has 0 heterocycles. The molecule has 30 heavy (non-hydrogen) atoms. The highest BCUT2D eigenvalue weighted by molar-refractivity contribution is 6.35. The number of hydrogen-bond donors (Lipinski definition) is 0. The van der Waals surface area contributed by atoms with E-state index in [0.29, 0.717) is 17.2 Å². The minimum Gasteiger partial charge on any atom is -0.480 e. The highest BCUT2D eigenvalue weighted by Gasteiger charge is 2.17. The molecule has 3 aromatic carbocycles. The van der Waals surface area contributed by atoms with E-state index in [0.717, 1.165) is 5.56 Å². The first-order valence-electron chi connectivity index (χ1n) is 9.11. The molecule has 0 radical (unpaired) electrons. The Morgan fingerprint density at radius 3 is 2.33 bits per heavy atom. The third-order valence-corrected chi connectivity index (χ3v) is 4.57. The zero-order valence-electron chi connectivity index (χ0n) is 15.8. The molecular weight excluding hydrogens is 427 g/mol. The fourth-order valence-electron chi connectivity index (χ4n) is 2.59. The van der Waals surface area contributed by atoms with Crippen LogP contribution < -0.4 is 9.47 Å². The normalized spacial score (nSPS) is 10.3. The van der Waals surface area contributed by atoms with E-state index in [2.05, 4.69) is 0 Å². The second kappa shape index (κ2) is 10.7. The molecular formula is C23H18Cl2O5. The molecule has 3 aromatic rings. The van der Waals surface area contributed by atoms with Gasteiger partial charge in [0.2, 0.25) is 0 Å². The van der Waals surface area contributed by atoms with Gasteiger partial charge in [-0.3, -0.25) is 0 Å². The molecule has 5 nitrogen and oxygen atoms in total. The number of halogens is 2. The Bertz CT molecular complexity index is 1020. The van der Waals surface area contributed by atoms with Gasteiger partial charge in [-0.25, -0.2) is 9.59 Å². The topological polar surface area (TPSA) is 61.8 Å². The number of hydrogen-bond acceptors (Lipinski definition) is 5. The van der Waals surface area contributed by atoms with Crippen LogP contribution in [0.4, 0.5) is 0 Å². The Morgan fingerprint density at radius 1 is 0.833 bits per heavy atom. The van der Waals surface area contributed by atoms with Crippen molar-refractivity contribution < 1.29 is 23.8 Å². The Hall–Kier alpha value is -3.02. The van der Waals surface area contributed by atoms with Crippen LogP contribution >= 0.6 is 23.2 Å². The summed E-state index contributed by atoms with van der Waals surface area (Å²) in [5, 5.41) is 0.729. The summed E-state index contributed by atoms with van der Waals surface area (Å²) in [7, 11) is 0. The van der Waals surface area contributed by atoms with E-state index in [1.54, 1.807) is 24.3 Å². The molecule has 0 saturated heterocycles. The molecule has 0 N–H and O–H groups in total. The van der Waals surface area contributed by atoms with Gasteiger partial charge < -0.3 is 14.2 Å². The summed E-state index contributed by atoms with van der Waals surface area (Å²) < 4.78 is 16.0. The number of rotatable bonds is 8. The van der Waals surface area contributed by atoms with Crippen molar-refractivity contribution in [1.29, 1.82) is 0 Å². The van der Waals surface area contributed by atoms with Crippen molar-refractivity contribution in [3.05, 3.63) is 94.0 Å². The molecule has 154 valence electrons. The van der Waals surface area contributed by atoms with E-state index in [-0.39, 0.29) is 22.9 Å². The zero-order valence-corrected chi connectivity index (χ0v) is 17.4. The van der Waals surface area contributed by atoms with Crippen LogP contribution in [0.2, 0.25) is 10.0 Å². The second-order valence-electron chi connectivity index (χ2n) is 6.21. The van der Waals surface area contributed by atoms with Crippen LogP contribution in [0.3, 0.4) is 0 Å². The van der Waals surface area contributed by atoms with E-state index >= 15 is 0 Å². The number of carbonyl (C=O) groups excluding carboxylic acids is 2. The largest absolute Gasteiger partial charge is 0.480 e. The fraction of sp³-hybridized carbons (Fsp3) is 0.130. The van der Waals surface area contributed by atoms with Crippen molar-refractivity contribution in [3.8, 4) is 11.5 Å². The van der Waals surface area contributed by atoms with Crippen molar-refractivity contribution in [2.45, 2.75) is 6.42 Å². The van der Waals surface area contributed by atoms with Crippen LogP contribution in [0.1, 0.15) is 15.9 Å². The minimum atomic E-state index is -0.689. The molecule has 0 amide bonds. The lowest BCUT2D eigenvalue weighted by atomic mass is 10.2. The van der Waals surface area contributed by atoms with E-state index < -0.39 is 18.5 Å². The van der Waals surface area contributed by atoms with Gasteiger partial charge in [-0.05, 0) is 35.9 Å². The number of para-hydroxylation sites is 1. The highest BCUT2D eigenvalue weighted by atomic mass is 35.5. The van der Waals surface area contributed by atoms with E-state index in [4.69, 9.17) is 37.4 Å². The van der Waals surface area contributed by atoms with E-state index in [1.807, 2.05) is 30.3 Å². The van der Waals surface area contributed by atoms with Crippen LogP contribution in [0.15, 0.2) is 72.8 Å². The molecule has 3 rings (SSSR count). The second-order valence-corrected chi connectivity index (χ2v) is 7.05. The summed E-state index contributed by atoms with van der Waals surface area (Å²) in [6.07, 6.45) is 0.588. The van der Waals surface area contributed by atoms with Crippen molar-refractivity contribution in [2.24, 2.45) is 0 Å².